The van der Waals surface area contributed by atoms with Gasteiger partial charge in [0.15, 0.2) is 0 Å². The van der Waals surface area contributed by atoms with Gasteiger partial charge in [-0.05, 0) is 49.1 Å². The summed E-state index contributed by atoms with van der Waals surface area (Å²) >= 11 is 0. The molecular weight excluding hydrogens is 544 g/mol. The van der Waals surface area contributed by atoms with Gasteiger partial charge in [-0.2, -0.15) is 0 Å². The average Bonchev–Trinajstić information content (AvgIpc) is 2.96. The van der Waals surface area contributed by atoms with Crippen LogP contribution in [0.4, 0.5) is 11.4 Å². The molecule has 1 heterocycles. The lowest BCUT2D eigenvalue weighted by Crippen LogP contribution is -2.49. The Labute approximate surface area is 251 Å². The second kappa shape index (κ2) is 13.5. The molecule has 0 radical (unpaired) electrons. The molecule has 3 aromatic carbocycles. The number of hydrogen-bond donors (Lipinski definition) is 3. The second-order valence-corrected chi connectivity index (χ2v) is 11.4. The van der Waals surface area contributed by atoms with Crippen LogP contribution in [0.25, 0.3) is 0 Å². The van der Waals surface area contributed by atoms with Crippen LogP contribution in [0.3, 0.4) is 0 Å². The Morgan fingerprint density at radius 2 is 1.60 bits per heavy atom. The Hall–Kier alpha value is -4.66. The van der Waals surface area contributed by atoms with Crippen molar-refractivity contribution in [3.63, 3.8) is 0 Å². The molecule has 2 aliphatic rings. The van der Waals surface area contributed by atoms with Crippen molar-refractivity contribution in [1.82, 2.24) is 10.2 Å². The number of rotatable bonds is 10. The Morgan fingerprint density at radius 3 is 2.23 bits per heavy atom. The molecule has 0 bridgehead atoms. The number of carboxylic acids is 1. The summed E-state index contributed by atoms with van der Waals surface area (Å²) in [7, 11) is 0. The highest BCUT2D eigenvalue weighted by atomic mass is 16.4. The number of benzene rings is 3. The van der Waals surface area contributed by atoms with Crippen molar-refractivity contribution in [1.29, 1.82) is 0 Å². The summed E-state index contributed by atoms with van der Waals surface area (Å²) in [5, 5.41) is 15.4. The number of carbonyl (C=O) groups is 4. The van der Waals surface area contributed by atoms with Crippen LogP contribution in [0.1, 0.15) is 58.8 Å². The molecule has 1 atom stereocenters. The van der Waals surface area contributed by atoms with Gasteiger partial charge < -0.3 is 25.5 Å². The highest BCUT2D eigenvalue weighted by Gasteiger charge is 2.28. The summed E-state index contributed by atoms with van der Waals surface area (Å²) in [4.78, 5) is 54.9. The molecule has 9 nitrogen and oxygen atoms in total. The maximum absolute atomic E-state index is 13.4. The van der Waals surface area contributed by atoms with E-state index in [1.807, 2.05) is 72.5 Å². The van der Waals surface area contributed by atoms with Crippen LogP contribution in [-0.2, 0) is 20.8 Å². The largest absolute Gasteiger partial charge is 0.481 e. The van der Waals surface area contributed by atoms with Crippen LogP contribution in [0.5, 0.6) is 0 Å². The van der Waals surface area contributed by atoms with Crippen molar-refractivity contribution in [2.24, 2.45) is 5.92 Å². The van der Waals surface area contributed by atoms with Crippen LogP contribution in [0.2, 0.25) is 0 Å². The monoisotopic (exact) mass is 582 g/mol. The lowest BCUT2D eigenvalue weighted by atomic mass is 9.85. The van der Waals surface area contributed by atoms with Crippen molar-refractivity contribution in [2.75, 3.05) is 36.4 Å². The highest BCUT2D eigenvalue weighted by Crippen LogP contribution is 2.32. The molecule has 1 saturated heterocycles. The number of aryl methyl sites for hydroxylation is 1. The fraction of sp³-hybridized carbons (Fsp3) is 0.353. The minimum absolute atomic E-state index is 0.0423. The molecule has 1 aliphatic heterocycles. The third-order valence-electron chi connectivity index (χ3n) is 8.33. The number of hydrogen-bond acceptors (Lipinski definition) is 5. The van der Waals surface area contributed by atoms with Crippen LogP contribution in [0.15, 0.2) is 72.8 Å². The van der Waals surface area contributed by atoms with E-state index in [1.54, 1.807) is 12.1 Å². The molecule has 43 heavy (non-hydrogen) atoms. The van der Waals surface area contributed by atoms with Gasteiger partial charge in [0.2, 0.25) is 11.8 Å². The molecule has 0 spiro atoms. The Kier molecular flexibility index (Phi) is 9.39. The molecule has 2 fully saturated rings. The van der Waals surface area contributed by atoms with Crippen LogP contribution in [-0.4, -0.2) is 59.9 Å². The Bertz CT molecular complexity index is 1460. The first-order chi connectivity index (χ1) is 20.8. The lowest BCUT2D eigenvalue weighted by Gasteiger charge is -2.37. The van der Waals surface area contributed by atoms with E-state index in [0.29, 0.717) is 49.4 Å². The summed E-state index contributed by atoms with van der Waals surface area (Å²) in [6.07, 6.45) is 2.81. The van der Waals surface area contributed by atoms with Gasteiger partial charge in [-0.25, -0.2) is 0 Å². The zero-order valence-corrected chi connectivity index (χ0v) is 24.4. The summed E-state index contributed by atoms with van der Waals surface area (Å²) in [6.45, 7) is 4.23. The number of carbonyl (C=O) groups excluding carboxylic acids is 3. The Morgan fingerprint density at radius 1 is 0.907 bits per heavy atom. The van der Waals surface area contributed by atoms with Gasteiger partial charge in [0.1, 0.15) is 0 Å². The van der Waals surface area contributed by atoms with E-state index < -0.39 is 17.9 Å². The summed E-state index contributed by atoms with van der Waals surface area (Å²) in [5.74, 6) is -1.46. The van der Waals surface area contributed by atoms with E-state index in [9.17, 15) is 24.3 Å². The molecule has 3 N–H and O–H groups in total. The molecule has 1 unspecified atom stereocenters. The van der Waals surface area contributed by atoms with E-state index in [1.165, 1.54) is 0 Å². The standard InChI is InChI=1S/C34H38N4O5/c1-23-10-12-25(13-11-23)28(22-32(40)41)35-34(43)27-14-15-30(29(21-27)36-33(42)26-8-5-9-26)37-16-18-38(19-17-37)31(39)20-24-6-3-2-4-7-24/h2-4,6-7,10-15,21,26,28H,5,8-9,16-20,22H2,1H3,(H,35,43)(H,36,42)(H,40,41). The quantitative estimate of drug-likeness (QED) is 0.322. The molecule has 3 amide bonds. The predicted octanol–water partition coefficient (Wildman–Crippen LogP) is 4.57. The molecule has 224 valence electrons. The van der Waals surface area contributed by atoms with Crippen molar-refractivity contribution in [3.05, 3.63) is 95.1 Å². The number of aliphatic carboxylic acids is 1. The first-order valence-corrected chi connectivity index (χ1v) is 14.9. The minimum Gasteiger partial charge on any atom is -0.481 e. The van der Waals surface area contributed by atoms with Crippen molar-refractivity contribution in [2.45, 2.75) is 45.1 Å². The first-order valence-electron chi connectivity index (χ1n) is 14.9. The maximum atomic E-state index is 13.4. The van der Waals surface area contributed by atoms with E-state index in [4.69, 9.17) is 0 Å². The smallest absolute Gasteiger partial charge is 0.305 e. The third-order valence-corrected chi connectivity index (χ3v) is 8.33. The van der Waals surface area contributed by atoms with Crippen LogP contribution in [0, 0.1) is 12.8 Å². The number of piperazine rings is 1. The molecular formula is C34H38N4O5. The predicted molar refractivity (Wildman–Crippen MR) is 165 cm³/mol. The average molecular weight is 583 g/mol. The van der Waals surface area contributed by atoms with Crippen molar-refractivity contribution in [3.8, 4) is 0 Å². The SMILES string of the molecule is Cc1ccc(C(CC(=O)O)NC(=O)c2ccc(N3CCN(C(=O)Cc4ccccc4)CC3)c(NC(=O)C3CCC3)c2)cc1. The molecule has 3 aromatic rings. The summed E-state index contributed by atoms with van der Waals surface area (Å²) < 4.78 is 0. The first kappa shape index (κ1) is 29.8. The van der Waals surface area contributed by atoms with E-state index in [2.05, 4.69) is 15.5 Å². The maximum Gasteiger partial charge on any atom is 0.305 e. The van der Waals surface area contributed by atoms with Gasteiger partial charge >= 0.3 is 5.97 Å². The summed E-state index contributed by atoms with van der Waals surface area (Å²) in [6, 6.07) is 21.6. The minimum atomic E-state index is -1.02. The zero-order chi connectivity index (χ0) is 30.3. The topological polar surface area (TPSA) is 119 Å². The van der Waals surface area contributed by atoms with E-state index >= 15 is 0 Å². The molecule has 5 rings (SSSR count). The number of nitrogens with one attached hydrogen (secondary N) is 2. The molecule has 0 aromatic heterocycles. The number of nitrogens with zero attached hydrogens (tertiary/aromatic N) is 2. The van der Waals surface area contributed by atoms with E-state index in [-0.39, 0.29) is 24.2 Å². The second-order valence-electron chi connectivity index (χ2n) is 11.4. The number of amides is 3. The highest BCUT2D eigenvalue weighted by molar-refractivity contribution is 6.01. The van der Waals surface area contributed by atoms with Crippen LogP contribution < -0.4 is 15.5 Å². The molecule has 1 aliphatic carbocycles. The summed E-state index contributed by atoms with van der Waals surface area (Å²) in [5.41, 5.74) is 4.38. The third kappa shape index (κ3) is 7.60. The van der Waals surface area contributed by atoms with Gasteiger partial charge in [0.05, 0.1) is 30.3 Å². The molecule has 9 heteroatoms. The van der Waals surface area contributed by atoms with Gasteiger partial charge in [-0.3, -0.25) is 19.2 Å². The Balaban J connectivity index is 1.32. The normalized spacial score (nSPS) is 15.7. The lowest BCUT2D eigenvalue weighted by molar-refractivity contribution is -0.137. The molecule has 1 saturated carbocycles. The number of anilines is 2. The fourth-order valence-corrected chi connectivity index (χ4v) is 5.50. The zero-order valence-electron chi connectivity index (χ0n) is 24.4. The van der Waals surface area contributed by atoms with Crippen molar-refractivity contribution >= 4 is 35.1 Å². The van der Waals surface area contributed by atoms with Crippen LogP contribution >= 0.6 is 0 Å². The van der Waals surface area contributed by atoms with Gasteiger partial charge in [0, 0.05) is 37.7 Å². The van der Waals surface area contributed by atoms with Gasteiger partial charge in [-0.1, -0.05) is 66.6 Å². The fourth-order valence-electron chi connectivity index (χ4n) is 5.50. The van der Waals surface area contributed by atoms with Gasteiger partial charge in [-0.15, -0.1) is 0 Å². The van der Waals surface area contributed by atoms with Crippen molar-refractivity contribution < 1.29 is 24.3 Å². The van der Waals surface area contributed by atoms with Gasteiger partial charge in [0.25, 0.3) is 5.91 Å². The number of carboxylic acid groups (broad SMARTS) is 1. The van der Waals surface area contributed by atoms with E-state index in [0.717, 1.165) is 36.1 Å².